The van der Waals surface area contributed by atoms with Crippen LogP contribution in [0.1, 0.15) is 25.3 Å². The highest BCUT2D eigenvalue weighted by molar-refractivity contribution is 5.14. The van der Waals surface area contributed by atoms with Gasteiger partial charge < -0.3 is 10.4 Å². The van der Waals surface area contributed by atoms with E-state index in [1.54, 1.807) is 0 Å². The molecule has 0 amide bonds. The number of hydrogen-bond acceptors (Lipinski definition) is 3. The fourth-order valence-electron chi connectivity index (χ4n) is 2.55. The monoisotopic (exact) mass is 248 g/mol. The number of hydrogen-bond donors (Lipinski definition) is 2. The molecule has 1 aliphatic heterocycles. The highest BCUT2D eigenvalue weighted by atomic mass is 16.3. The average Bonchev–Trinajstić information content (AvgIpc) is 2.42. The van der Waals surface area contributed by atoms with Crippen molar-refractivity contribution in [1.82, 2.24) is 10.2 Å². The Labute approximate surface area is 110 Å². The van der Waals surface area contributed by atoms with E-state index in [0.29, 0.717) is 6.04 Å². The van der Waals surface area contributed by atoms with Crippen LogP contribution in [0, 0.1) is 0 Å². The first-order valence-electron chi connectivity index (χ1n) is 6.91. The highest BCUT2D eigenvalue weighted by Crippen LogP contribution is 2.14. The molecule has 1 aliphatic rings. The van der Waals surface area contributed by atoms with E-state index in [9.17, 15) is 0 Å². The largest absolute Gasteiger partial charge is 0.395 e. The zero-order valence-corrected chi connectivity index (χ0v) is 11.2. The molecule has 1 aromatic rings. The second-order valence-electron chi connectivity index (χ2n) is 5.29. The molecule has 1 atom stereocenters. The molecule has 18 heavy (non-hydrogen) atoms. The SMILES string of the molecule is C[C@H](CO)NC1CCN(Cc2ccccc2)CC1. The van der Waals surface area contributed by atoms with Crippen molar-refractivity contribution in [2.24, 2.45) is 0 Å². The maximum atomic E-state index is 9.04. The molecule has 1 saturated heterocycles. The lowest BCUT2D eigenvalue weighted by atomic mass is 10.0. The molecule has 0 radical (unpaired) electrons. The molecule has 100 valence electrons. The topological polar surface area (TPSA) is 35.5 Å². The summed E-state index contributed by atoms with van der Waals surface area (Å²) in [5, 5.41) is 12.5. The number of nitrogens with zero attached hydrogens (tertiary/aromatic N) is 1. The summed E-state index contributed by atoms with van der Waals surface area (Å²) in [5.41, 5.74) is 1.40. The van der Waals surface area contributed by atoms with E-state index in [1.165, 1.54) is 18.4 Å². The minimum atomic E-state index is 0.218. The van der Waals surface area contributed by atoms with Gasteiger partial charge >= 0.3 is 0 Å². The van der Waals surface area contributed by atoms with E-state index >= 15 is 0 Å². The highest BCUT2D eigenvalue weighted by Gasteiger charge is 2.19. The molecule has 0 saturated carbocycles. The molecule has 0 unspecified atom stereocenters. The Morgan fingerprint density at radius 2 is 1.94 bits per heavy atom. The quantitative estimate of drug-likeness (QED) is 0.831. The Kier molecular flexibility index (Phi) is 5.17. The molecular weight excluding hydrogens is 224 g/mol. The lowest BCUT2D eigenvalue weighted by Gasteiger charge is -2.33. The first-order valence-corrected chi connectivity index (χ1v) is 6.91. The minimum absolute atomic E-state index is 0.218. The van der Waals surface area contributed by atoms with E-state index < -0.39 is 0 Å². The van der Waals surface area contributed by atoms with Crippen LogP contribution in [0.2, 0.25) is 0 Å². The maximum Gasteiger partial charge on any atom is 0.0582 e. The van der Waals surface area contributed by atoms with Gasteiger partial charge in [0.1, 0.15) is 0 Å². The van der Waals surface area contributed by atoms with Crippen molar-refractivity contribution in [3.05, 3.63) is 35.9 Å². The van der Waals surface area contributed by atoms with Gasteiger partial charge in [-0.15, -0.1) is 0 Å². The van der Waals surface area contributed by atoms with Gasteiger partial charge in [0.15, 0.2) is 0 Å². The Balaban J connectivity index is 1.73. The van der Waals surface area contributed by atoms with Crippen LogP contribution in [0.15, 0.2) is 30.3 Å². The van der Waals surface area contributed by atoms with Crippen molar-refractivity contribution in [3.63, 3.8) is 0 Å². The summed E-state index contributed by atoms with van der Waals surface area (Å²) >= 11 is 0. The summed E-state index contributed by atoms with van der Waals surface area (Å²) in [4.78, 5) is 2.51. The minimum Gasteiger partial charge on any atom is -0.395 e. The van der Waals surface area contributed by atoms with Crippen molar-refractivity contribution in [3.8, 4) is 0 Å². The fraction of sp³-hybridized carbons (Fsp3) is 0.600. The van der Waals surface area contributed by atoms with Crippen LogP contribution in [-0.2, 0) is 6.54 Å². The van der Waals surface area contributed by atoms with Gasteiger partial charge in [-0.25, -0.2) is 0 Å². The van der Waals surface area contributed by atoms with Gasteiger partial charge in [-0.2, -0.15) is 0 Å². The van der Waals surface area contributed by atoms with E-state index in [-0.39, 0.29) is 12.6 Å². The number of benzene rings is 1. The summed E-state index contributed by atoms with van der Waals surface area (Å²) < 4.78 is 0. The standard InChI is InChI=1S/C15H24N2O/c1-13(12-18)16-15-7-9-17(10-8-15)11-14-5-3-2-4-6-14/h2-6,13,15-16,18H,7-12H2,1H3/t13-/m1/s1. The normalized spacial score (nSPS) is 19.9. The molecule has 0 bridgehead atoms. The number of aliphatic hydroxyl groups is 1. The van der Waals surface area contributed by atoms with Crippen molar-refractivity contribution in [2.75, 3.05) is 19.7 Å². The molecule has 0 aromatic heterocycles. The van der Waals surface area contributed by atoms with Gasteiger partial charge in [0.05, 0.1) is 6.61 Å². The number of likely N-dealkylation sites (tertiary alicyclic amines) is 1. The lowest BCUT2D eigenvalue weighted by molar-refractivity contribution is 0.170. The third-order valence-corrected chi connectivity index (χ3v) is 3.63. The number of piperidine rings is 1. The van der Waals surface area contributed by atoms with E-state index in [0.717, 1.165) is 19.6 Å². The van der Waals surface area contributed by atoms with Crippen molar-refractivity contribution >= 4 is 0 Å². The second kappa shape index (κ2) is 6.88. The van der Waals surface area contributed by atoms with Gasteiger partial charge in [-0.1, -0.05) is 30.3 Å². The van der Waals surface area contributed by atoms with Crippen molar-refractivity contribution in [1.29, 1.82) is 0 Å². The predicted octanol–water partition coefficient (Wildman–Crippen LogP) is 1.62. The summed E-state index contributed by atoms with van der Waals surface area (Å²) in [6, 6.07) is 11.4. The van der Waals surface area contributed by atoms with Crippen LogP contribution in [0.25, 0.3) is 0 Å². The van der Waals surface area contributed by atoms with E-state index in [4.69, 9.17) is 5.11 Å². The first kappa shape index (κ1) is 13.5. The Bertz CT molecular complexity index is 334. The third-order valence-electron chi connectivity index (χ3n) is 3.63. The van der Waals surface area contributed by atoms with Crippen LogP contribution in [0.5, 0.6) is 0 Å². The smallest absolute Gasteiger partial charge is 0.0582 e. The van der Waals surface area contributed by atoms with E-state index in [2.05, 4.69) is 40.5 Å². The molecule has 3 heteroatoms. The van der Waals surface area contributed by atoms with Gasteiger partial charge in [0, 0.05) is 18.6 Å². The van der Waals surface area contributed by atoms with Gasteiger partial charge in [0.25, 0.3) is 0 Å². The van der Waals surface area contributed by atoms with Crippen LogP contribution in [0.3, 0.4) is 0 Å². The van der Waals surface area contributed by atoms with Gasteiger partial charge in [-0.3, -0.25) is 4.90 Å². The number of nitrogens with one attached hydrogen (secondary N) is 1. The van der Waals surface area contributed by atoms with Crippen LogP contribution < -0.4 is 5.32 Å². The Morgan fingerprint density at radius 1 is 1.28 bits per heavy atom. The Hall–Kier alpha value is -0.900. The maximum absolute atomic E-state index is 9.04. The van der Waals surface area contributed by atoms with Crippen molar-refractivity contribution in [2.45, 2.75) is 38.4 Å². The zero-order valence-electron chi connectivity index (χ0n) is 11.2. The molecule has 3 nitrogen and oxygen atoms in total. The van der Waals surface area contributed by atoms with E-state index in [1.807, 2.05) is 6.92 Å². The molecule has 2 rings (SSSR count). The Morgan fingerprint density at radius 3 is 2.56 bits per heavy atom. The number of aliphatic hydroxyl groups excluding tert-OH is 1. The van der Waals surface area contributed by atoms with Crippen LogP contribution >= 0.6 is 0 Å². The molecule has 2 N–H and O–H groups in total. The average molecular weight is 248 g/mol. The molecule has 1 heterocycles. The zero-order chi connectivity index (χ0) is 12.8. The third kappa shape index (κ3) is 4.09. The molecule has 1 aromatic carbocycles. The van der Waals surface area contributed by atoms with Crippen molar-refractivity contribution < 1.29 is 5.11 Å². The molecule has 1 fully saturated rings. The lowest BCUT2D eigenvalue weighted by Crippen LogP contribution is -2.46. The fourth-order valence-corrected chi connectivity index (χ4v) is 2.55. The molecule has 0 aliphatic carbocycles. The first-order chi connectivity index (χ1) is 8.78. The number of rotatable bonds is 5. The van der Waals surface area contributed by atoms with Crippen LogP contribution in [0.4, 0.5) is 0 Å². The van der Waals surface area contributed by atoms with Gasteiger partial charge in [-0.05, 0) is 38.4 Å². The molecular formula is C15H24N2O. The summed E-state index contributed by atoms with van der Waals surface area (Å²) in [6.07, 6.45) is 2.36. The second-order valence-corrected chi connectivity index (χ2v) is 5.29. The summed E-state index contributed by atoms with van der Waals surface area (Å²) in [5.74, 6) is 0. The molecule has 0 spiro atoms. The summed E-state index contributed by atoms with van der Waals surface area (Å²) in [6.45, 7) is 5.61. The van der Waals surface area contributed by atoms with Gasteiger partial charge in [0.2, 0.25) is 0 Å². The summed E-state index contributed by atoms with van der Waals surface area (Å²) in [7, 11) is 0. The van der Waals surface area contributed by atoms with Crippen LogP contribution in [-0.4, -0.2) is 41.8 Å². The predicted molar refractivity (Wildman–Crippen MR) is 74.4 cm³/mol.